The maximum absolute atomic E-state index is 12.8. The van der Waals surface area contributed by atoms with Gasteiger partial charge in [-0.05, 0) is 25.0 Å². The van der Waals surface area contributed by atoms with Crippen molar-refractivity contribution < 1.29 is 18.8 Å². The number of carbonyl (C=O) groups excluding carboxylic acids is 1. The third kappa shape index (κ3) is 3.03. The standard InChI is InChI=1S/C21H22N4O4/c26-21(18-7-16(23-29-18)13-5-6-13)24-8-19-20(9-24)28-11-14(10-27-19)25-12-22-15-3-1-2-4-17(15)25/h1-4,7,12-14,19-20H,5-6,8-11H2/t19-,20-/m0/s1. The van der Waals surface area contributed by atoms with E-state index in [0.717, 1.165) is 29.6 Å². The van der Waals surface area contributed by atoms with E-state index in [0.29, 0.717) is 38.0 Å². The van der Waals surface area contributed by atoms with Crippen molar-refractivity contribution in [3.05, 3.63) is 48.1 Å². The van der Waals surface area contributed by atoms with E-state index < -0.39 is 0 Å². The van der Waals surface area contributed by atoms with Crippen LogP contribution in [0, 0.1) is 0 Å². The zero-order valence-corrected chi connectivity index (χ0v) is 15.9. The Hall–Kier alpha value is -2.71. The van der Waals surface area contributed by atoms with E-state index >= 15 is 0 Å². The van der Waals surface area contributed by atoms with Gasteiger partial charge in [-0.3, -0.25) is 4.79 Å². The number of amides is 1. The van der Waals surface area contributed by atoms with Crippen molar-refractivity contribution in [1.29, 1.82) is 0 Å². The van der Waals surface area contributed by atoms with Gasteiger partial charge in [0, 0.05) is 12.0 Å². The van der Waals surface area contributed by atoms with Gasteiger partial charge in [0.15, 0.2) is 0 Å². The smallest absolute Gasteiger partial charge is 0.292 e. The molecule has 2 atom stereocenters. The number of para-hydroxylation sites is 2. The van der Waals surface area contributed by atoms with Crippen molar-refractivity contribution in [2.75, 3.05) is 26.3 Å². The SMILES string of the molecule is O=C(c1cc(C2CC2)no1)N1C[C@@H]2OCC(n3cnc4ccccc43)CO[C@H]2C1. The summed E-state index contributed by atoms with van der Waals surface area (Å²) in [6.45, 7) is 2.05. The highest BCUT2D eigenvalue weighted by Gasteiger charge is 2.41. The molecule has 1 aromatic carbocycles. The molecule has 0 bridgehead atoms. The number of nitrogens with zero attached hydrogens (tertiary/aromatic N) is 4. The van der Waals surface area contributed by atoms with Gasteiger partial charge in [0.05, 0.1) is 55.4 Å². The number of ether oxygens (including phenoxy) is 2. The number of imidazole rings is 1. The number of hydrogen-bond acceptors (Lipinski definition) is 6. The first kappa shape index (κ1) is 17.2. The quantitative estimate of drug-likeness (QED) is 0.678. The molecule has 0 N–H and O–H groups in total. The van der Waals surface area contributed by atoms with Crippen LogP contribution in [0.25, 0.3) is 11.0 Å². The molecule has 3 aromatic rings. The lowest BCUT2D eigenvalue weighted by Gasteiger charge is -2.19. The Morgan fingerprint density at radius 3 is 2.59 bits per heavy atom. The van der Waals surface area contributed by atoms with E-state index in [1.54, 1.807) is 11.0 Å². The molecule has 6 rings (SSSR count). The van der Waals surface area contributed by atoms with Gasteiger partial charge in [-0.15, -0.1) is 0 Å². The highest BCUT2D eigenvalue weighted by molar-refractivity contribution is 5.91. The summed E-state index contributed by atoms with van der Waals surface area (Å²) in [6.07, 6.45) is 3.83. The highest BCUT2D eigenvalue weighted by atomic mass is 16.6. The summed E-state index contributed by atoms with van der Waals surface area (Å²) in [5.41, 5.74) is 2.93. The van der Waals surface area contributed by atoms with Crippen LogP contribution in [0.4, 0.5) is 0 Å². The monoisotopic (exact) mass is 394 g/mol. The Balaban J connectivity index is 1.14. The zero-order valence-electron chi connectivity index (χ0n) is 15.9. The van der Waals surface area contributed by atoms with Gasteiger partial charge in [-0.2, -0.15) is 0 Å². The van der Waals surface area contributed by atoms with Crippen LogP contribution in [0.5, 0.6) is 0 Å². The van der Waals surface area contributed by atoms with Crippen molar-refractivity contribution in [3.63, 3.8) is 0 Å². The van der Waals surface area contributed by atoms with Crippen LogP contribution in [-0.4, -0.2) is 64.0 Å². The third-order valence-electron chi connectivity index (χ3n) is 6.12. The number of hydrogen-bond donors (Lipinski definition) is 0. The molecule has 1 saturated carbocycles. The maximum atomic E-state index is 12.8. The molecular weight excluding hydrogens is 372 g/mol. The normalized spacial score (nSPS) is 25.3. The molecule has 8 nitrogen and oxygen atoms in total. The van der Waals surface area contributed by atoms with Crippen molar-refractivity contribution in [2.24, 2.45) is 0 Å². The molecule has 4 heterocycles. The molecule has 0 unspecified atom stereocenters. The van der Waals surface area contributed by atoms with Crippen LogP contribution in [0.1, 0.15) is 41.1 Å². The van der Waals surface area contributed by atoms with E-state index in [-0.39, 0.29) is 24.2 Å². The van der Waals surface area contributed by atoms with Crippen molar-refractivity contribution in [3.8, 4) is 0 Å². The summed E-state index contributed by atoms with van der Waals surface area (Å²) in [7, 11) is 0. The predicted molar refractivity (Wildman–Crippen MR) is 103 cm³/mol. The van der Waals surface area contributed by atoms with E-state index in [1.807, 2.05) is 24.5 Å². The Morgan fingerprint density at radius 1 is 1.07 bits per heavy atom. The van der Waals surface area contributed by atoms with Crippen LogP contribution in [0.3, 0.4) is 0 Å². The minimum atomic E-state index is -0.137. The van der Waals surface area contributed by atoms with Crippen molar-refractivity contribution >= 4 is 16.9 Å². The minimum absolute atomic E-state index is 0.0625. The van der Waals surface area contributed by atoms with Crippen LogP contribution < -0.4 is 0 Å². The summed E-state index contributed by atoms with van der Waals surface area (Å²) < 4.78 is 19.7. The van der Waals surface area contributed by atoms with E-state index in [9.17, 15) is 4.79 Å². The fourth-order valence-electron chi connectivity index (χ4n) is 4.29. The predicted octanol–water partition coefficient (Wildman–Crippen LogP) is 2.38. The second-order valence-corrected chi connectivity index (χ2v) is 8.14. The molecule has 3 fully saturated rings. The molecule has 0 spiro atoms. The maximum Gasteiger partial charge on any atom is 0.292 e. The van der Waals surface area contributed by atoms with Crippen molar-refractivity contribution in [1.82, 2.24) is 19.6 Å². The van der Waals surface area contributed by atoms with E-state index in [2.05, 4.69) is 20.8 Å². The number of likely N-dealkylation sites (tertiary alicyclic amines) is 1. The molecular formula is C21H22N4O4. The second kappa shape index (κ2) is 6.67. The Labute approximate surface area is 167 Å². The van der Waals surface area contributed by atoms with Crippen LogP contribution in [-0.2, 0) is 9.47 Å². The Bertz CT molecular complexity index is 1040. The summed E-state index contributed by atoms with van der Waals surface area (Å²) in [4.78, 5) is 19.0. The second-order valence-electron chi connectivity index (χ2n) is 8.14. The summed E-state index contributed by atoms with van der Waals surface area (Å²) in [6, 6.07) is 9.90. The number of benzene rings is 1. The lowest BCUT2D eigenvalue weighted by Crippen LogP contribution is -2.31. The lowest BCUT2D eigenvalue weighted by molar-refractivity contribution is -0.00461. The first-order valence-corrected chi connectivity index (χ1v) is 10.2. The summed E-state index contributed by atoms with van der Waals surface area (Å²) in [5, 5.41) is 4.05. The van der Waals surface area contributed by atoms with Gasteiger partial charge >= 0.3 is 0 Å². The molecule has 1 aliphatic carbocycles. The highest BCUT2D eigenvalue weighted by Crippen LogP contribution is 2.39. The molecule has 29 heavy (non-hydrogen) atoms. The molecule has 0 radical (unpaired) electrons. The van der Waals surface area contributed by atoms with Crippen LogP contribution >= 0.6 is 0 Å². The van der Waals surface area contributed by atoms with Gasteiger partial charge in [-0.25, -0.2) is 4.98 Å². The van der Waals surface area contributed by atoms with E-state index in [1.165, 1.54) is 0 Å². The summed E-state index contributed by atoms with van der Waals surface area (Å²) >= 11 is 0. The fraction of sp³-hybridized carbons (Fsp3) is 0.476. The topological polar surface area (TPSA) is 82.6 Å². The lowest BCUT2D eigenvalue weighted by atomic mass is 10.2. The van der Waals surface area contributed by atoms with E-state index in [4.69, 9.17) is 14.0 Å². The van der Waals surface area contributed by atoms with Gasteiger partial charge in [0.25, 0.3) is 5.91 Å². The fourth-order valence-corrected chi connectivity index (χ4v) is 4.29. The number of aromatic nitrogens is 3. The molecule has 8 heteroatoms. The number of fused-ring (bicyclic) bond motifs is 2. The molecule has 2 saturated heterocycles. The van der Waals surface area contributed by atoms with Gasteiger partial charge in [-0.1, -0.05) is 17.3 Å². The zero-order chi connectivity index (χ0) is 19.4. The number of rotatable bonds is 3. The molecule has 2 aromatic heterocycles. The van der Waals surface area contributed by atoms with Gasteiger partial charge in [0.1, 0.15) is 12.2 Å². The van der Waals surface area contributed by atoms with Gasteiger partial charge in [0.2, 0.25) is 5.76 Å². The molecule has 3 aliphatic rings. The molecule has 1 amide bonds. The van der Waals surface area contributed by atoms with Crippen LogP contribution in [0.2, 0.25) is 0 Å². The summed E-state index contributed by atoms with van der Waals surface area (Å²) in [5.74, 6) is 0.640. The molecule has 2 aliphatic heterocycles. The van der Waals surface area contributed by atoms with Gasteiger partial charge < -0.3 is 23.5 Å². The average molecular weight is 394 g/mol. The minimum Gasteiger partial charge on any atom is -0.371 e. The molecule has 150 valence electrons. The van der Waals surface area contributed by atoms with Crippen LogP contribution in [0.15, 0.2) is 41.2 Å². The Morgan fingerprint density at radius 2 is 1.83 bits per heavy atom. The third-order valence-corrected chi connectivity index (χ3v) is 6.12. The first-order valence-electron chi connectivity index (χ1n) is 10.2. The largest absolute Gasteiger partial charge is 0.371 e. The Kier molecular flexibility index (Phi) is 3.95. The van der Waals surface area contributed by atoms with Crippen molar-refractivity contribution in [2.45, 2.75) is 37.0 Å². The average Bonchev–Trinajstić information content (AvgIpc) is 3.21. The first-order chi connectivity index (χ1) is 14.3. The number of carbonyl (C=O) groups is 1.